The molecule has 0 fully saturated rings. The van der Waals surface area contributed by atoms with Crippen LogP contribution in [0.2, 0.25) is 15.1 Å². The number of hydrogen-bond acceptors (Lipinski definition) is 4. The number of nitrogens with one attached hydrogen (secondary N) is 1. The molecule has 2 rings (SSSR count). The molecule has 2 aromatic carbocycles. The first-order valence-corrected chi connectivity index (χ1v) is 12.7. The fraction of sp³-hybridized carbons (Fsp3) is 0.333. The number of likely N-dealkylation sites (N-methyl/N-ethyl adjacent to an activating group) is 1. The SMILES string of the molecule is CCNC(=O)C(C)N(Cc1ccc(Cl)cc1Cl)C(=O)CN(c1ccc(Cl)cc1)S(C)(=O)=O. The van der Waals surface area contributed by atoms with Gasteiger partial charge in [0.05, 0.1) is 11.9 Å². The molecular weight excluding hydrogens is 497 g/mol. The number of benzene rings is 2. The van der Waals surface area contributed by atoms with Crippen molar-refractivity contribution in [3.63, 3.8) is 0 Å². The summed E-state index contributed by atoms with van der Waals surface area (Å²) in [6, 6.07) is 10.0. The van der Waals surface area contributed by atoms with E-state index in [1.165, 1.54) is 35.2 Å². The molecule has 2 aromatic rings. The molecule has 11 heteroatoms. The zero-order valence-electron chi connectivity index (χ0n) is 17.8. The third-order valence-corrected chi connectivity index (χ3v) is 6.65. The van der Waals surface area contributed by atoms with Crippen molar-refractivity contribution in [3.8, 4) is 0 Å². The smallest absolute Gasteiger partial charge is 0.244 e. The summed E-state index contributed by atoms with van der Waals surface area (Å²) in [7, 11) is -3.80. The zero-order valence-corrected chi connectivity index (χ0v) is 20.9. The third-order valence-electron chi connectivity index (χ3n) is 4.67. The quantitative estimate of drug-likeness (QED) is 0.542. The maximum absolute atomic E-state index is 13.3. The van der Waals surface area contributed by atoms with Gasteiger partial charge in [-0.05, 0) is 55.8 Å². The highest BCUT2D eigenvalue weighted by Gasteiger charge is 2.30. The van der Waals surface area contributed by atoms with Gasteiger partial charge >= 0.3 is 0 Å². The fourth-order valence-corrected chi connectivity index (χ4v) is 4.40. The topological polar surface area (TPSA) is 86.8 Å². The van der Waals surface area contributed by atoms with Gasteiger partial charge in [-0.1, -0.05) is 40.9 Å². The van der Waals surface area contributed by atoms with Crippen molar-refractivity contribution in [1.29, 1.82) is 0 Å². The molecule has 1 unspecified atom stereocenters. The standard InChI is InChI=1S/C21H24Cl3N3O4S/c1-4-25-21(29)14(2)26(12-15-5-6-17(23)11-19(15)24)20(28)13-27(32(3,30)31)18-9-7-16(22)8-10-18/h5-11,14H,4,12-13H2,1-3H3,(H,25,29). The van der Waals surface area contributed by atoms with Crippen molar-refractivity contribution in [2.75, 3.05) is 23.7 Å². The first-order valence-electron chi connectivity index (χ1n) is 9.68. The Bertz CT molecular complexity index is 1080. The lowest BCUT2D eigenvalue weighted by Crippen LogP contribution is -2.51. The molecule has 7 nitrogen and oxygen atoms in total. The molecule has 0 spiro atoms. The summed E-state index contributed by atoms with van der Waals surface area (Å²) in [5.74, 6) is -0.946. The summed E-state index contributed by atoms with van der Waals surface area (Å²) in [5, 5.41) is 3.87. The second-order valence-electron chi connectivity index (χ2n) is 7.07. The largest absolute Gasteiger partial charge is 0.355 e. The fourth-order valence-electron chi connectivity index (χ4n) is 2.96. The molecule has 0 heterocycles. The highest BCUT2D eigenvalue weighted by Crippen LogP contribution is 2.24. The lowest BCUT2D eigenvalue weighted by Gasteiger charge is -2.31. The van der Waals surface area contributed by atoms with E-state index in [4.69, 9.17) is 34.8 Å². The lowest BCUT2D eigenvalue weighted by atomic mass is 10.1. The Labute approximate surface area is 203 Å². The van der Waals surface area contributed by atoms with Crippen molar-refractivity contribution in [1.82, 2.24) is 10.2 Å². The predicted molar refractivity (Wildman–Crippen MR) is 129 cm³/mol. The van der Waals surface area contributed by atoms with Crippen LogP contribution >= 0.6 is 34.8 Å². The number of halogens is 3. The predicted octanol–water partition coefficient (Wildman–Crippen LogP) is 3.97. The summed E-state index contributed by atoms with van der Waals surface area (Å²) in [6.07, 6.45) is 1.00. The van der Waals surface area contributed by atoms with Crippen LogP contribution in [0, 0.1) is 0 Å². The molecule has 0 bridgehead atoms. The average molecular weight is 521 g/mol. The van der Waals surface area contributed by atoms with Crippen molar-refractivity contribution >= 4 is 62.3 Å². The highest BCUT2D eigenvalue weighted by atomic mass is 35.5. The van der Waals surface area contributed by atoms with E-state index in [-0.39, 0.29) is 18.1 Å². The minimum absolute atomic E-state index is 0.00858. The second kappa shape index (κ2) is 11.2. The monoisotopic (exact) mass is 519 g/mol. The van der Waals surface area contributed by atoms with Gasteiger partial charge in [0.15, 0.2) is 0 Å². The Kier molecular flexibility index (Phi) is 9.21. The van der Waals surface area contributed by atoms with E-state index < -0.39 is 28.5 Å². The van der Waals surface area contributed by atoms with Crippen LogP contribution in [-0.2, 0) is 26.2 Å². The van der Waals surface area contributed by atoms with E-state index in [0.717, 1.165) is 10.6 Å². The van der Waals surface area contributed by atoms with Crippen LogP contribution in [0.4, 0.5) is 5.69 Å². The Morgan fingerprint density at radius 2 is 1.62 bits per heavy atom. The first-order chi connectivity index (χ1) is 14.9. The molecular formula is C21H24Cl3N3O4S. The molecule has 32 heavy (non-hydrogen) atoms. The molecule has 0 radical (unpaired) electrons. The summed E-state index contributed by atoms with van der Waals surface area (Å²) in [5.41, 5.74) is 0.846. The number of nitrogens with zero attached hydrogens (tertiary/aromatic N) is 2. The molecule has 0 saturated heterocycles. The van der Waals surface area contributed by atoms with Crippen LogP contribution in [0.25, 0.3) is 0 Å². The van der Waals surface area contributed by atoms with Gasteiger partial charge < -0.3 is 10.2 Å². The molecule has 174 valence electrons. The van der Waals surface area contributed by atoms with Crippen LogP contribution in [0.3, 0.4) is 0 Å². The van der Waals surface area contributed by atoms with Crippen molar-refractivity contribution in [3.05, 3.63) is 63.1 Å². The van der Waals surface area contributed by atoms with Gasteiger partial charge in [-0.25, -0.2) is 8.42 Å². The first kappa shape index (κ1) is 26.3. The van der Waals surface area contributed by atoms with E-state index >= 15 is 0 Å². The molecule has 0 saturated carbocycles. The maximum atomic E-state index is 13.3. The molecule has 1 atom stereocenters. The highest BCUT2D eigenvalue weighted by molar-refractivity contribution is 7.92. The number of carbonyl (C=O) groups excluding carboxylic acids is 2. The van der Waals surface area contributed by atoms with E-state index in [0.29, 0.717) is 27.2 Å². The molecule has 2 amide bonds. The van der Waals surface area contributed by atoms with Crippen LogP contribution in [0.1, 0.15) is 19.4 Å². The normalized spacial score (nSPS) is 12.2. The van der Waals surface area contributed by atoms with Crippen molar-refractivity contribution in [2.45, 2.75) is 26.4 Å². The summed E-state index contributed by atoms with van der Waals surface area (Å²) in [4.78, 5) is 27.1. The Morgan fingerprint density at radius 3 is 2.16 bits per heavy atom. The van der Waals surface area contributed by atoms with E-state index in [1.807, 2.05) is 0 Å². The number of anilines is 1. The van der Waals surface area contributed by atoms with Gasteiger partial charge in [0.1, 0.15) is 12.6 Å². The van der Waals surface area contributed by atoms with Gasteiger partial charge in [0.2, 0.25) is 21.8 Å². The lowest BCUT2D eigenvalue weighted by molar-refractivity contribution is -0.139. The molecule has 0 aliphatic heterocycles. The number of rotatable bonds is 9. The van der Waals surface area contributed by atoms with Gasteiger partial charge in [0, 0.05) is 28.2 Å². The minimum atomic E-state index is -3.80. The van der Waals surface area contributed by atoms with E-state index in [2.05, 4.69) is 5.32 Å². The molecule has 0 aliphatic rings. The van der Waals surface area contributed by atoms with E-state index in [1.54, 1.807) is 26.0 Å². The van der Waals surface area contributed by atoms with Gasteiger partial charge in [-0.3, -0.25) is 13.9 Å². The van der Waals surface area contributed by atoms with Crippen LogP contribution in [0.5, 0.6) is 0 Å². The summed E-state index contributed by atoms with van der Waals surface area (Å²) < 4.78 is 25.8. The Morgan fingerprint density at radius 1 is 1.03 bits per heavy atom. The molecule has 0 aliphatic carbocycles. The van der Waals surface area contributed by atoms with Gasteiger partial charge in [-0.2, -0.15) is 0 Å². The van der Waals surface area contributed by atoms with E-state index in [9.17, 15) is 18.0 Å². The van der Waals surface area contributed by atoms with Gasteiger partial charge in [-0.15, -0.1) is 0 Å². The number of amides is 2. The number of carbonyl (C=O) groups is 2. The molecule has 1 N–H and O–H groups in total. The zero-order chi connectivity index (χ0) is 24.1. The minimum Gasteiger partial charge on any atom is -0.355 e. The van der Waals surface area contributed by atoms with Crippen LogP contribution in [-0.4, -0.2) is 50.5 Å². The van der Waals surface area contributed by atoms with Crippen molar-refractivity contribution in [2.24, 2.45) is 0 Å². The van der Waals surface area contributed by atoms with Gasteiger partial charge in [0.25, 0.3) is 0 Å². The average Bonchev–Trinajstić information content (AvgIpc) is 2.71. The second-order valence-corrected chi connectivity index (χ2v) is 10.3. The number of hydrogen-bond donors (Lipinski definition) is 1. The molecule has 0 aromatic heterocycles. The summed E-state index contributed by atoms with van der Waals surface area (Å²) >= 11 is 18.1. The Balaban J connectivity index is 2.40. The van der Waals surface area contributed by atoms with Crippen LogP contribution < -0.4 is 9.62 Å². The Hall–Kier alpha value is -2.00. The summed E-state index contributed by atoms with van der Waals surface area (Å²) in [6.45, 7) is 3.20. The maximum Gasteiger partial charge on any atom is 0.244 e. The number of sulfonamides is 1. The third kappa shape index (κ3) is 7.00. The van der Waals surface area contributed by atoms with Crippen molar-refractivity contribution < 1.29 is 18.0 Å². The van der Waals surface area contributed by atoms with Crippen LogP contribution in [0.15, 0.2) is 42.5 Å².